The van der Waals surface area contributed by atoms with Crippen LogP contribution >= 0.6 is 0 Å². The fraction of sp³-hybridized carbons (Fsp3) is 1.00. The molecule has 0 bridgehead atoms. The molecular formula is C36H74O4S. The van der Waals surface area contributed by atoms with E-state index in [9.17, 15) is 8.42 Å². The summed E-state index contributed by atoms with van der Waals surface area (Å²) in [6.07, 6.45) is 35.9. The summed E-state index contributed by atoms with van der Waals surface area (Å²) < 4.78 is 33.9. The Morgan fingerprint density at radius 1 is 0.390 bits per heavy atom. The van der Waals surface area contributed by atoms with Crippen molar-refractivity contribution in [2.75, 3.05) is 13.2 Å². The molecule has 2 atom stereocenters. The third-order valence-electron chi connectivity index (χ3n) is 9.03. The molecular weight excluding hydrogens is 528 g/mol. The lowest BCUT2D eigenvalue weighted by Gasteiger charge is -2.07. The van der Waals surface area contributed by atoms with E-state index in [-0.39, 0.29) is 13.2 Å². The van der Waals surface area contributed by atoms with Gasteiger partial charge in [-0.2, -0.15) is 8.42 Å². The van der Waals surface area contributed by atoms with Crippen LogP contribution in [0.1, 0.15) is 207 Å². The number of hydrogen-bond donors (Lipinski definition) is 0. The predicted octanol–water partition coefficient (Wildman–Crippen LogP) is 12.5. The van der Waals surface area contributed by atoms with Crippen LogP contribution in [0.3, 0.4) is 0 Å². The van der Waals surface area contributed by atoms with Gasteiger partial charge in [-0.05, 0) is 24.7 Å². The molecule has 0 aliphatic rings. The lowest BCUT2D eigenvalue weighted by Crippen LogP contribution is -2.12. The van der Waals surface area contributed by atoms with Crippen molar-refractivity contribution in [3.05, 3.63) is 0 Å². The predicted molar refractivity (Wildman–Crippen MR) is 180 cm³/mol. The Hall–Kier alpha value is -0.130. The highest BCUT2D eigenvalue weighted by atomic mass is 32.3. The van der Waals surface area contributed by atoms with Crippen LogP contribution in [0, 0.1) is 11.8 Å². The summed E-state index contributed by atoms with van der Waals surface area (Å²) in [7, 11) is -3.83. The highest BCUT2D eigenvalue weighted by Crippen LogP contribution is 2.17. The summed E-state index contributed by atoms with van der Waals surface area (Å²) in [5.74, 6) is 1.80. The normalized spacial score (nSPS) is 13.6. The Morgan fingerprint density at radius 2 is 0.610 bits per heavy atom. The third kappa shape index (κ3) is 32.6. The van der Waals surface area contributed by atoms with Crippen LogP contribution < -0.4 is 0 Å². The maximum absolute atomic E-state index is 11.9. The molecule has 5 heteroatoms. The Kier molecular flexibility index (Phi) is 31.2. The van der Waals surface area contributed by atoms with E-state index in [1.165, 1.54) is 154 Å². The quantitative estimate of drug-likeness (QED) is 0.0687. The number of unbranched alkanes of at least 4 members (excludes halogenated alkanes) is 22. The molecule has 0 aromatic rings. The van der Waals surface area contributed by atoms with Gasteiger partial charge in [-0.1, -0.05) is 195 Å². The summed E-state index contributed by atoms with van der Waals surface area (Å²) in [5.41, 5.74) is 0. The summed E-state index contributed by atoms with van der Waals surface area (Å²) in [6, 6.07) is 0. The molecule has 41 heavy (non-hydrogen) atoms. The van der Waals surface area contributed by atoms with E-state index in [1.807, 2.05) is 0 Å². The van der Waals surface area contributed by atoms with Crippen molar-refractivity contribution in [1.82, 2.24) is 0 Å². The zero-order chi connectivity index (χ0) is 30.3. The summed E-state index contributed by atoms with van der Waals surface area (Å²) >= 11 is 0. The summed E-state index contributed by atoms with van der Waals surface area (Å²) in [6.45, 7) is 9.82. The molecule has 0 heterocycles. The van der Waals surface area contributed by atoms with E-state index in [0.29, 0.717) is 0 Å². The molecule has 0 aromatic heterocycles. The second-order valence-electron chi connectivity index (χ2n) is 13.1. The zero-order valence-electron chi connectivity index (χ0n) is 28.4. The molecule has 4 nitrogen and oxygen atoms in total. The van der Waals surface area contributed by atoms with Gasteiger partial charge in [0.25, 0.3) is 0 Å². The van der Waals surface area contributed by atoms with Gasteiger partial charge >= 0.3 is 10.4 Å². The first-order valence-corrected chi connectivity index (χ1v) is 19.8. The highest BCUT2D eigenvalue weighted by molar-refractivity contribution is 7.81. The standard InChI is InChI=1S/C36H74O4S/c1-5-35(3)31-27-23-19-15-11-7-9-13-17-21-25-29-33-39-41(37,38)40-34-30-26-22-18-14-10-8-12-16-20-24-28-32-36(4)6-2/h35-36H,5-34H2,1-4H3. The average molecular weight is 603 g/mol. The number of rotatable bonds is 34. The van der Waals surface area contributed by atoms with Gasteiger partial charge in [0.1, 0.15) is 0 Å². The van der Waals surface area contributed by atoms with E-state index < -0.39 is 10.4 Å². The van der Waals surface area contributed by atoms with Crippen molar-refractivity contribution < 1.29 is 16.8 Å². The van der Waals surface area contributed by atoms with E-state index >= 15 is 0 Å². The van der Waals surface area contributed by atoms with E-state index in [0.717, 1.165) is 37.5 Å². The molecule has 0 N–H and O–H groups in total. The topological polar surface area (TPSA) is 52.6 Å². The van der Waals surface area contributed by atoms with E-state index in [4.69, 9.17) is 8.37 Å². The smallest absolute Gasteiger partial charge is 0.248 e. The van der Waals surface area contributed by atoms with Crippen molar-refractivity contribution in [2.24, 2.45) is 11.8 Å². The minimum atomic E-state index is -3.83. The molecule has 0 amide bonds. The van der Waals surface area contributed by atoms with Crippen molar-refractivity contribution in [1.29, 1.82) is 0 Å². The van der Waals surface area contributed by atoms with E-state index in [2.05, 4.69) is 27.7 Å². The molecule has 0 aliphatic heterocycles. The largest absolute Gasteiger partial charge is 0.399 e. The lowest BCUT2D eigenvalue weighted by atomic mass is 9.99. The first-order valence-electron chi connectivity index (χ1n) is 18.4. The van der Waals surface area contributed by atoms with Crippen molar-refractivity contribution in [3.8, 4) is 0 Å². The first-order chi connectivity index (χ1) is 19.9. The van der Waals surface area contributed by atoms with Crippen molar-refractivity contribution in [3.63, 3.8) is 0 Å². The van der Waals surface area contributed by atoms with Crippen molar-refractivity contribution >= 4 is 10.4 Å². The lowest BCUT2D eigenvalue weighted by molar-refractivity contribution is 0.208. The van der Waals surface area contributed by atoms with Crippen LogP contribution in [0.4, 0.5) is 0 Å². The molecule has 0 fully saturated rings. The Morgan fingerprint density at radius 3 is 0.854 bits per heavy atom. The van der Waals surface area contributed by atoms with Gasteiger partial charge in [0.05, 0.1) is 13.2 Å². The van der Waals surface area contributed by atoms with Gasteiger partial charge in [0.2, 0.25) is 0 Å². The van der Waals surface area contributed by atoms with Gasteiger partial charge < -0.3 is 0 Å². The Balaban J connectivity index is 3.31. The summed E-state index contributed by atoms with van der Waals surface area (Å²) in [4.78, 5) is 0. The second-order valence-corrected chi connectivity index (χ2v) is 14.4. The van der Waals surface area contributed by atoms with Crippen LogP contribution in [-0.4, -0.2) is 21.6 Å². The molecule has 0 saturated carbocycles. The fourth-order valence-electron chi connectivity index (χ4n) is 5.49. The molecule has 0 spiro atoms. The molecule has 0 saturated heterocycles. The van der Waals surface area contributed by atoms with Gasteiger partial charge in [-0.15, -0.1) is 0 Å². The third-order valence-corrected chi connectivity index (χ3v) is 9.94. The minimum Gasteiger partial charge on any atom is -0.248 e. The van der Waals surface area contributed by atoms with Crippen LogP contribution in [0.5, 0.6) is 0 Å². The van der Waals surface area contributed by atoms with E-state index in [1.54, 1.807) is 0 Å². The van der Waals surface area contributed by atoms with Gasteiger partial charge in [0.15, 0.2) is 0 Å². The first kappa shape index (κ1) is 40.9. The molecule has 248 valence electrons. The van der Waals surface area contributed by atoms with Gasteiger partial charge in [-0.3, -0.25) is 0 Å². The monoisotopic (exact) mass is 603 g/mol. The molecule has 0 radical (unpaired) electrons. The Labute approximate surface area is 259 Å². The number of hydrogen-bond acceptors (Lipinski definition) is 4. The van der Waals surface area contributed by atoms with Crippen LogP contribution in [-0.2, 0) is 18.8 Å². The molecule has 0 rings (SSSR count). The SMILES string of the molecule is CCC(C)CCCCCCCCCCCCCCOS(=O)(=O)OCCCCCCCCCCCCCCC(C)CC. The fourth-order valence-corrected chi connectivity index (χ4v) is 6.20. The summed E-state index contributed by atoms with van der Waals surface area (Å²) in [5, 5.41) is 0. The minimum absolute atomic E-state index is 0.247. The highest BCUT2D eigenvalue weighted by Gasteiger charge is 2.11. The second kappa shape index (κ2) is 31.3. The maximum Gasteiger partial charge on any atom is 0.399 e. The van der Waals surface area contributed by atoms with Crippen LogP contribution in [0.25, 0.3) is 0 Å². The van der Waals surface area contributed by atoms with Crippen LogP contribution in [0.15, 0.2) is 0 Å². The zero-order valence-corrected chi connectivity index (χ0v) is 29.2. The molecule has 0 aromatic carbocycles. The Bertz CT molecular complexity index is 561. The van der Waals surface area contributed by atoms with Crippen molar-refractivity contribution in [2.45, 2.75) is 207 Å². The van der Waals surface area contributed by atoms with Gasteiger partial charge in [0, 0.05) is 0 Å². The molecule has 2 unspecified atom stereocenters. The van der Waals surface area contributed by atoms with Gasteiger partial charge in [-0.25, -0.2) is 8.37 Å². The average Bonchev–Trinajstić information content (AvgIpc) is 2.96. The van der Waals surface area contributed by atoms with Crippen LogP contribution in [0.2, 0.25) is 0 Å². The molecule has 0 aliphatic carbocycles. The maximum atomic E-state index is 11.9.